The fourth-order valence-corrected chi connectivity index (χ4v) is 1.41. The van der Waals surface area contributed by atoms with Crippen LogP contribution in [0.1, 0.15) is 5.56 Å². The van der Waals surface area contributed by atoms with E-state index in [2.05, 4.69) is 6.58 Å². The zero-order chi connectivity index (χ0) is 12.5. The normalized spacial score (nSPS) is 10.0. The van der Waals surface area contributed by atoms with Crippen LogP contribution in [-0.2, 0) is 15.9 Å². The fraction of sp³-hybridized carbons (Fsp3) is 0.385. The molecule has 1 rings (SSSR count). The van der Waals surface area contributed by atoms with Gasteiger partial charge >= 0.3 is 0 Å². The van der Waals surface area contributed by atoms with Crippen LogP contribution in [-0.4, -0.2) is 27.8 Å². The van der Waals surface area contributed by atoms with Gasteiger partial charge in [0.1, 0.15) is 11.5 Å². The number of benzene rings is 1. The van der Waals surface area contributed by atoms with Crippen molar-refractivity contribution >= 4 is 0 Å². The van der Waals surface area contributed by atoms with Crippen LogP contribution in [0.25, 0.3) is 0 Å². The van der Waals surface area contributed by atoms with Crippen LogP contribution in [0, 0.1) is 0 Å². The highest BCUT2D eigenvalue weighted by atomic mass is 16.7. The minimum atomic E-state index is 0.206. The van der Waals surface area contributed by atoms with Gasteiger partial charge in [-0.3, -0.25) is 0 Å². The Morgan fingerprint density at radius 3 is 2.00 bits per heavy atom. The quantitative estimate of drug-likeness (QED) is 0.514. The van der Waals surface area contributed by atoms with Gasteiger partial charge in [0.15, 0.2) is 13.6 Å². The maximum Gasteiger partial charge on any atom is 0.188 e. The Labute approximate surface area is 102 Å². The number of methoxy groups -OCH3 is 2. The highest BCUT2D eigenvalue weighted by Gasteiger charge is 2.09. The molecular formula is C13H18O4. The van der Waals surface area contributed by atoms with E-state index in [1.165, 1.54) is 0 Å². The van der Waals surface area contributed by atoms with Crippen LogP contribution < -0.4 is 9.47 Å². The van der Waals surface area contributed by atoms with Crippen LogP contribution in [0.5, 0.6) is 11.5 Å². The summed E-state index contributed by atoms with van der Waals surface area (Å²) in [5.74, 6) is 1.47. The third kappa shape index (κ3) is 4.09. The molecule has 0 fully saturated rings. The molecule has 0 aliphatic rings. The molecule has 0 N–H and O–H groups in total. The number of allylic oxidation sites excluding steroid dienone is 1. The van der Waals surface area contributed by atoms with Gasteiger partial charge in [-0.25, -0.2) is 0 Å². The molecule has 1 aromatic carbocycles. The van der Waals surface area contributed by atoms with Crippen molar-refractivity contribution in [3.05, 3.63) is 36.4 Å². The van der Waals surface area contributed by atoms with E-state index in [1.807, 2.05) is 18.2 Å². The molecule has 0 bridgehead atoms. The molecule has 17 heavy (non-hydrogen) atoms. The second kappa shape index (κ2) is 7.70. The summed E-state index contributed by atoms with van der Waals surface area (Å²) in [5, 5.41) is 0. The standard InChI is InChI=1S/C13H18O4/c1-4-6-11-12(16-9-14-2)7-5-8-13(11)17-10-15-3/h4-5,7-8H,1,6,9-10H2,2-3H3. The monoisotopic (exact) mass is 238 g/mol. The summed E-state index contributed by atoms with van der Waals surface area (Å²) >= 11 is 0. The molecule has 4 heteroatoms. The van der Waals surface area contributed by atoms with Crippen molar-refractivity contribution in [2.75, 3.05) is 27.8 Å². The SMILES string of the molecule is C=CCc1c(OCOC)cccc1OCOC. The van der Waals surface area contributed by atoms with Gasteiger partial charge in [0, 0.05) is 19.8 Å². The highest BCUT2D eigenvalue weighted by molar-refractivity contribution is 5.45. The maximum absolute atomic E-state index is 5.47. The molecule has 94 valence electrons. The van der Waals surface area contributed by atoms with Crippen molar-refractivity contribution in [3.63, 3.8) is 0 Å². The minimum Gasteiger partial charge on any atom is -0.467 e. The van der Waals surface area contributed by atoms with E-state index in [1.54, 1.807) is 20.3 Å². The minimum absolute atomic E-state index is 0.206. The molecule has 0 radical (unpaired) electrons. The molecule has 0 aliphatic heterocycles. The summed E-state index contributed by atoms with van der Waals surface area (Å²) in [4.78, 5) is 0. The molecule has 0 spiro atoms. The van der Waals surface area contributed by atoms with E-state index in [0.29, 0.717) is 6.42 Å². The maximum atomic E-state index is 5.47. The zero-order valence-corrected chi connectivity index (χ0v) is 10.3. The summed E-state index contributed by atoms with van der Waals surface area (Å²) in [6.45, 7) is 4.14. The average Bonchev–Trinajstić information content (AvgIpc) is 2.36. The van der Waals surface area contributed by atoms with Crippen LogP contribution >= 0.6 is 0 Å². The van der Waals surface area contributed by atoms with Crippen molar-refractivity contribution in [2.45, 2.75) is 6.42 Å². The van der Waals surface area contributed by atoms with E-state index in [0.717, 1.165) is 17.1 Å². The van der Waals surface area contributed by atoms with Crippen molar-refractivity contribution in [2.24, 2.45) is 0 Å². The third-order valence-electron chi connectivity index (χ3n) is 2.10. The largest absolute Gasteiger partial charge is 0.467 e. The van der Waals surface area contributed by atoms with Gasteiger partial charge in [0.25, 0.3) is 0 Å². The smallest absolute Gasteiger partial charge is 0.188 e. The lowest BCUT2D eigenvalue weighted by Crippen LogP contribution is -2.05. The molecule has 0 aromatic heterocycles. The molecule has 0 unspecified atom stereocenters. The van der Waals surface area contributed by atoms with Gasteiger partial charge in [-0.05, 0) is 18.6 Å². The Kier molecular flexibility index (Phi) is 6.14. The van der Waals surface area contributed by atoms with Gasteiger partial charge in [-0.15, -0.1) is 6.58 Å². The van der Waals surface area contributed by atoms with Crippen molar-refractivity contribution in [3.8, 4) is 11.5 Å². The first-order chi connectivity index (χ1) is 8.33. The highest BCUT2D eigenvalue weighted by Crippen LogP contribution is 2.29. The lowest BCUT2D eigenvalue weighted by atomic mass is 10.1. The van der Waals surface area contributed by atoms with Crippen LogP contribution in [0.4, 0.5) is 0 Å². The first-order valence-corrected chi connectivity index (χ1v) is 5.29. The van der Waals surface area contributed by atoms with Gasteiger partial charge < -0.3 is 18.9 Å². The van der Waals surface area contributed by atoms with E-state index in [-0.39, 0.29) is 13.6 Å². The second-order valence-corrected chi connectivity index (χ2v) is 3.33. The van der Waals surface area contributed by atoms with E-state index in [4.69, 9.17) is 18.9 Å². The first-order valence-electron chi connectivity index (χ1n) is 5.29. The van der Waals surface area contributed by atoms with Crippen molar-refractivity contribution in [1.29, 1.82) is 0 Å². The number of rotatable bonds is 8. The summed E-state index contributed by atoms with van der Waals surface area (Å²) in [6, 6.07) is 5.61. The van der Waals surface area contributed by atoms with E-state index >= 15 is 0 Å². The van der Waals surface area contributed by atoms with Gasteiger partial charge in [-0.1, -0.05) is 12.1 Å². The molecule has 0 saturated heterocycles. The number of ether oxygens (including phenoxy) is 4. The van der Waals surface area contributed by atoms with E-state index in [9.17, 15) is 0 Å². The second-order valence-electron chi connectivity index (χ2n) is 3.33. The fourth-order valence-electron chi connectivity index (χ4n) is 1.41. The molecule has 4 nitrogen and oxygen atoms in total. The molecule has 0 amide bonds. The number of hydrogen-bond acceptors (Lipinski definition) is 4. The Morgan fingerprint density at radius 1 is 1.06 bits per heavy atom. The lowest BCUT2D eigenvalue weighted by molar-refractivity contribution is 0.0448. The molecule has 0 atom stereocenters. The van der Waals surface area contributed by atoms with Crippen LogP contribution in [0.3, 0.4) is 0 Å². The molecular weight excluding hydrogens is 220 g/mol. The topological polar surface area (TPSA) is 36.9 Å². The van der Waals surface area contributed by atoms with Gasteiger partial charge in [0.05, 0.1) is 0 Å². The Bertz CT molecular complexity index is 323. The Balaban J connectivity index is 2.90. The van der Waals surface area contributed by atoms with Crippen LogP contribution in [0.15, 0.2) is 30.9 Å². The molecule has 0 heterocycles. The molecule has 0 aliphatic carbocycles. The zero-order valence-electron chi connectivity index (χ0n) is 10.3. The van der Waals surface area contributed by atoms with Gasteiger partial charge in [0.2, 0.25) is 0 Å². The van der Waals surface area contributed by atoms with E-state index < -0.39 is 0 Å². The first kappa shape index (κ1) is 13.5. The van der Waals surface area contributed by atoms with Crippen LogP contribution in [0.2, 0.25) is 0 Å². The predicted molar refractivity (Wildman–Crippen MR) is 65.4 cm³/mol. The number of hydrogen-bond donors (Lipinski definition) is 0. The van der Waals surface area contributed by atoms with Crippen molar-refractivity contribution < 1.29 is 18.9 Å². The summed E-state index contributed by atoms with van der Waals surface area (Å²) in [5.41, 5.74) is 0.941. The molecule has 1 aromatic rings. The van der Waals surface area contributed by atoms with Crippen molar-refractivity contribution in [1.82, 2.24) is 0 Å². The summed E-state index contributed by atoms with van der Waals surface area (Å²) in [7, 11) is 3.16. The average molecular weight is 238 g/mol. The summed E-state index contributed by atoms with van der Waals surface area (Å²) in [6.07, 6.45) is 2.47. The predicted octanol–water partition coefficient (Wildman–Crippen LogP) is 2.38. The Hall–Kier alpha value is -1.52. The third-order valence-corrected chi connectivity index (χ3v) is 2.10. The lowest BCUT2D eigenvalue weighted by Gasteiger charge is -2.14. The van der Waals surface area contributed by atoms with Gasteiger partial charge in [-0.2, -0.15) is 0 Å². The molecule has 0 saturated carbocycles. The Morgan fingerprint density at radius 2 is 1.59 bits per heavy atom. The summed E-state index contributed by atoms with van der Waals surface area (Å²) < 4.78 is 20.7.